The summed E-state index contributed by atoms with van der Waals surface area (Å²) >= 11 is 1.37. The molecule has 1 aromatic heterocycles. The van der Waals surface area contributed by atoms with Crippen molar-refractivity contribution in [2.45, 2.75) is 19.4 Å². The molecule has 3 rings (SSSR count). The fourth-order valence-electron chi connectivity index (χ4n) is 2.62. The van der Waals surface area contributed by atoms with E-state index in [9.17, 15) is 9.59 Å². The number of rotatable bonds is 3. The van der Waals surface area contributed by atoms with Crippen molar-refractivity contribution in [3.8, 4) is 0 Å². The SMILES string of the molecule is Cc1csc(NC(=O)N(C)[C@@H]2CCN(c3ccccc3)C2=O)n1. The number of thiazole rings is 1. The topological polar surface area (TPSA) is 65.5 Å². The monoisotopic (exact) mass is 330 g/mol. The second kappa shape index (κ2) is 6.37. The minimum atomic E-state index is -0.448. The van der Waals surface area contributed by atoms with Crippen LogP contribution in [0.25, 0.3) is 0 Å². The Bertz CT molecular complexity index is 716. The van der Waals surface area contributed by atoms with Crippen molar-refractivity contribution in [2.75, 3.05) is 23.8 Å². The highest BCUT2D eigenvalue weighted by atomic mass is 32.1. The van der Waals surface area contributed by atoms with Gasteiger partial charge >= 0.3 is 6.03 Å². The van der Waals surface area contributed by atoms with Gasteiger partial charge in [-0.05, 0) is 25.5 Å². The van der Waals surface area contributed by atoms with E-state index in [4.69, 9.17) is 0 Å². The number of nitrogens with zero attached hydrogens (tertiary/aromatic N) is 3. The van der Waals surface area contributed by atoms with E-state index in [1.54, 1.807) is 11.9 Å². The molecule has 0 aliphatic carbocycles. The number of urea groups is 1. The number of aromatic nitrogens is 1. The molecule has 1 fully saturated rings. The highest BCUT2D eigenvalue weighted by Gasteiger charge is 2.37. The summed E-state index contributed by atoms with van der Waals surface area (Å²) in [4.78, 5) is 32.3. The van der Waals surface area contributed by atoms with Crippen molar-refractivity contribution in [3.63, 3.8) is 0 Å². The van der Waals surface area contributed by atoms with E-state index in [0.717, 1.165) is 11.4 Å². The van der Waals surface area contributed by atoms with Crippen LogP contribution in [0, 0.1) is 6.92 Å². The van der Waals surface area contributed by atoms with E-state index in [0.29, 0.717) is 18.1 Å². The number of aryl methyl sites for hydroxylation is 1. The lowest BCUT2D eigenvalue weighted by Crippen LogP contribution is -2.44. The fourth-order valence-corrected chi connectivity index (χ4v) is 3.30. The number of amides is 3. The predicted molar refractivity (Wildman–Crippen MR) is 90.8 cm³/mol. The van der Waals surface area contributed by atoms with Gasteiger partial charge in [-0.1, -0.05) is 18.2 Å². The third-order valence-corrected chi connectivity index (χ3v) is 4.74. The van der Waals surface area contributed by atoms with E-state index < -0.39 is 6.04 Å². The van der Waals surface area contributed by atoms with E-state index >= 15 is 0 Å². The molecule has 0 spiro atoms. The first kappa shape index (κ1) is 15.5. The van der Waals surface area contributed by atoms with E-state index in [1.165, 1.54) is 16.2 Å². The summed E-state index contributed by atoms with van der Waals surface area (Å²) in [5.74, 6) is -0.0517. The van der Waals surface area contributed by atoms with Gasteiger partial charge in [0.15, 0.2) is 5.13 Å². The van der Waals surface area contributed by atoms with Crippen molar-refractivity contribution in [2.24, 2.45) is 0 Å². The van der Waals surface area contributed by atoms with Crippen LogP contribution in [-0.4, -0.2) is 41.5 Å². The van der Waals surface area contributed by atoms with E-state index in [1.807, 2.05) is 42.6 Å². The lowest BCUT2D eigenvalue weighted by atomic mass is 10.2. The van der Waals surface area contributed by atoms with Gasteiger partial charge in [0.05, 0.1) is 5.69 Å². The lowest BCUT2D eigenvalue weighted by molar-refractivity contribution is -0.120. The maximum absolute atomic E-state index is 12.6. The zero-order valence-electron chi connectivity index (χ0n) is 13.0. The van der Waals surface area contributed by atoms with Gasteiger partial charge in [0.25, 0.3) is 0 Å². The van der Waals surface area contributed by atoms with Crippen LogP contribution < -0.4 is 10.2 Å². The van der Waals surface area contributed by atoms with Crippen LogP contribution >= 0.6 is 11.3 Å². The molecule has 7 heteroatoms. The molecule has 1 aromatic carbocycles. The molecule has 2 heterocycles. The van der Waals surface area contributed by atoms with Crippen LogP contribution in [0.4, 0.5) is 15.6 Å². The average Bonchev–Trinajstić information content (AvgIpc) is 3.13. The highest BCUT2D eigenvalue weighted by Crippen LogP contribution is 2.24. The molecule has 1 aliphatic heterocycles. The van der Waals surface area contributed by atoms with E-state index in [2.05, 4.69) is 10.3 Å². The first-order chi connectivity index (χ1) is 11.1. The van der Waals surface area contributed by atoms with Crippen molar-refractivity contribution in [1.82, 2.24) is 9.88 Å². The Labute approximate surface area is 138 Å². The summed E-state index contributed by atoms with van der Waals surface area (Å²) in [6.07, 6.45) is 0.620. The van der Waals surface area contributed by atoms with Gasteiger partial charge in [-0.25, -0.2) is 9.78 Å². The second-order valence-electron chi connectivity index (χ2n) is 5.46. The van der Waals surface area contributed by atoms with Gasteiger partial charge in [-0.3, -0.25) is 10.1 Å². The number of likely N-dealkylation sites (N-methyl/N-ethyl adjacent to an activating group) is 1. The first-order valence-electron chi connectivity index (χ1n) is 7.38. The number of anilines is 2. The smallest absolute Gasteiger partial charge is 0.315 e. The number of nitrogens with one attached hydrogen (secondary N) is 1. The maximum Gasteiger partial charge on any atom is 0.324 e. The molecule has 1 atom stereocenters. The molecule has 0 radical (unpaired) electrons. The lowest BCUT2D eigenvalue weighted by Gasteiger charge is -2.23. The maximum atomic E-state index is 12.6. The predicted octanol–water partition coefficient (Wildman–Crippen LogP) is 2.72. The van der Waals surface area contributed by atoms with E-state index in [-0.39, 0.29) is 11.9 Å². The molecule has 1 aliphatic rings. The summed E-state index contributed by atoms with van der Waals surface area (Å²) in [5, 5.41) is 5.15. The zero-order chi connectivity index (χ0) is 16.4. The van der Waals surface area contributed by atoms with Crippen LogP contribution in [0.1, 0.15) is 12.1 Å². The molecule has 0 bridgehead atoms. The standard InChI is InChI=1S/C16H18N4O2S/c1-11-10-23-15(17-11)18-16(22)19(2)13-8-9-20(14(13)21)12-6-4-3-5-7-12/h3-7,10,13H,8-9H2,1-2H3,(H,17,18,22)/t13-/m1/s1. The van der Waals surface area contributed by atoms with Crippen molar-refractivity contribution in [3.05, 3.63) is 41.4 Å². The number of para-hydroxylation sites is 1. The molecular formula is C16H18N4O2S. The number of hydrogen-bond acceptors (Lipinski definition) is 4. The Morgan fingerprint density at radius 3 is 2.78 bits per heavy atom. The second-order valence-corrected chi connectivity index (χ2v) is 6.32. The van der Waals surface area contributed by atoms with Crippen molar-refractivity contribution < 1.29 is 9.59 Å². The number of benzene rings is 1. The van der Waals surface area contributed by atoms with Crippen LogP contribution in [0.5, 0.6) is 0 Å². The molecule has 0 saturated carbocycles. The molecule has 2 aromatic rings. The normalized spacial score (nSPS) is 17.4. The highest BCUT2D eigenvalue weighted by molar-refractivity contribution is 7.13. The minimum Gasteiger partial charge on any atom is -0.315 e. The first-order valence-corrected chi connectivity index (χ1v) is 8.26. The largest absolute Gasteiger partial charge is 0.324 e. The molecule has 23 heavy (non-hydrogen) atoms. The number of hydrogen-bond donors (Lipinski definition) is 1. The van der Waals surface area contributed by atoms with Gasteiger partial charge in [-0.2, -0.15) is 0 Å². The van der Waals surface area contributed by atoms with Gasteiger partial charge in [0, 0.05) is 24.7 Å². The number of carbonyl (C=O) groups excluding carboxylic acids is 2. The Balaban J connectivity index is 1.67. The fraction of sp³-hybridized carbons (Fsp3) is 0.312. The summed E-state index contributed by atoms with van der Waals surface area (Å²) < 4.78 is 0. The Morgan fingerprint density at radius 1 is 1.39 bits per heavy atom. The summed E-state index contributed by atoms with van der Waals surface area (Å²) in [5.41, 5.74) is 1.73. The molecule has 6 nitrogen and oxygen atoms in total. The third-order valence-electron chi connectivity index (χ3n) is 3.87. The molecule has 120 valence electrons. The molecule has 1 N–H and O–H groups in total. The molecular weight excluding hydrogens is 312 g/mol. The van der Waals surface area contributed by atoms with Gasteiger partial charge < -0.3 is 9.80 Å². The van der Waals surface area contributed by atoms with Crippen LogP contribution in [-0.2, 0) is 4.79 Å². The Kier molecular flexibility index (Phi) is 4.29. The average molecular weight is 330 g/mol. The molecule has 1 saturated heterocycles. The Morgan fingerprint density at radius 2 is 2.13 bits per heavy atom. The summed E-state index contributed by atoms with van der Waals surface area (Å²) in [6, 6.07) is 8.76. The van der Waals surface area contributed by atoms with Gasteiger partial charge in [0.1, 0.15) is 6.04 Å². The van der Waals surface area contributed by atoms with Crippen LogP contribution in [0.15, 0.2) is 35.7 Å². The van der Waals surface area contributed by atoms with Crippen LogP contribution in [0.3, 0.4) is 0 Å². The minimum absolute atomic E-state index is 0.0517. The van der Waals surface area contributed by atoms with Crippen molar-refractivity contribution in [1.29, 1.82) is 0 Å². The molecule has 3 amide bonds. The van der Waals surface area contributed by atoms with Gasteiger partial charge in [-0.15, -0.1) is 11.3 Å². The third kappa shape index (κ3) is 3.19. The Hall–Kier alpha value is -2.41. The summed E-state index contributed by atoms with van der Waals surface area (Å²) in [6.45, 7) is 2.48. The van der Waals surface area contributed by atoms with Crippen molar-refractivity contribution >= 4 is 34.1 Å². The van der Waals surface area contributed by atoms with Crippen LogP contribution in [0.2, 0.25) is 0 Å². The summed E-state index contributed by atoms with van der Waals surface area (Å²) in [7, 11) is 1.65. The zero-order valence-corrected chi connectivity index (χ0v) is 13.8. The molecule has 0 unspecified atom stereocenters. The van der Waals surface area contributed by atoms with Gasteiger partial charge in [0.2, 0.25) is 5.91 Å². The number of carbonyl (C=O) groups is 2. The quantitative estimate of drug-likeness (QED) is 0.941.